The van der Waals surface area contributed by atoms with Crippen molar-refractivity contribution in [2.24, 2.45) is 0 Å². The molecule has 0 aliphatic heterocycles. The summed E-state index contributed by atoms with van der Waals surface area (Å²) in [6.07, 6.45) is 50.1. The SMILES string of the molecule is CC/C=C\C/C=C\C/C=C\C/C=C\CCC(=O)OC(CO)COP(=O)(O)OCC(COC(=O)CCCCCCCCCCC)OC(=O)CCCCCCC/C=C\C/C=C\C/C=C\CC. The Bertz CT molecular complexity index is 1400. The van der Waals surface area contributed by atoms with Crippen LogP contribution >= 0.6 is 7.82 Å². The summed E-state index contributed by atoms with van der Waals surface area (Å²) in [6, 6.07) is 0. The number of carbonyl (C=O) groups excluding carboxylic acids is 3. The summed E-state index contributed by atoms with van der Waals surface area (Å²) < 4.78 is 39.1. The number of esters is 3. The molecule has 2 N–H and O–H groups in total. The number of ether oxygens (including phenoxy) is 3. The van der Waals surface area contributed by atoms with Crippen LogP contribution in [-0.4, -0.2) is 66.5 Å². The van der Waals surface area contributed by atoms with E-state index in [1.54, 1.807) is 0 Å². The minimum atomic E-state index is -4.76. The summed E-state index contributed by atoms with van der Waals surface area (Å²) in [5.41, 5.74) is 0. The van der Waals surface area contributed by atoms with Gasteiger partial charge in [0.1, 0.15) is 12.7 Å². The molecule has 0 bridgehead atoms. The van der Waals surface area contributed by atoms with E-state index in [2.05, 4.69) is 87.6 Å². The maximum Gasteiger partial charge on any atom is 0.472 e. The summed E-state index contributed by atoms with van der Waals surface area (Å²) in [5, 5.41) is 9.73. The lowest BCUT2D eigenvalue weighted by molar-refractivity contribution is -0.161. The van der Waals surface area contributed by atoms with Crippen molar-refractivity contribution in [1.29, 1.82) is 0 Å². The standard InChI is InChI=1S/C52H87O11P/c1-4-7-10-13-16-19-21-23-24-26-28-31-34-37-40-43-52(56)63-49(45-59-50(54)41-38-35-32-29-18-15-12-9-6-3)47-61-64(57,58)60-46-48(44-53)62-51(55)42-39-36-33-30-27-25-22-20-17-14-11-8-5-2/h7-8,10-11,16-17,19-20,23-25,27,33,36,48-49,53H,4-6,9,12-15,18,21-22,26,28-32,34-35,37-47H2,1-3H3,(H,57,58)/b10-7-,11-8-,19-16-,20-17-,24-23-,27-25-,36-33-. The van der Waals surface area contributed by atoms with Gasteiger partial charge in [-0.3, -0.25) is 23.4 Å². The van der Waals surface area contributed by atoms with Gasteiger partial charge in [-0.2, -0.15) is 0 Å². The first-order valence-corrected chi connectivity index (χ1v) is 26.0. The van der Waals surface area contributed by atoms with Crippen LogP contribution < -0.4 is 0 Å². The van der Waals surface area contributed by atoms with Crippen LogP contribution in [0.1, 0.15) is 188 Å². The molecule has 0 aliphatic rings. The molecule has 0 rings (SSSR count). The molecule has 0 aromatic carbocycles. The van der Waals surface area contributed by atoms with Crippen LogP contribution in [0.5, 0.6) is 0 Å². The molecule has 3 unspecified atom stereocenters. The van der Waals surface area contributed by atoms with Gasteiger partial charge in [-0.25, -0.2) is 4.57 Å². The van der Waals surface area contributed by atoms with Gasteiger partial charge in [-0.15, -0.1) is 0 Å². The van der Waals surface area contributed by atoms with E-state index >= 15 is 0 Å². The van der Waals surface area contributed by atoms with Gasteiger partial charge in [-0.1, -0.05) is 176 Å². The van der Waals surface area contributed by atoms with Crippen molar-refractivity contribution in [3.8, 4) is 0 Å². The van der Waals surface area contributed by atoms with Gasteiger partial charge < -0.3 is 24.2 Å². The van der Waals surface area contributed by atoms with Gasteiger partial charge in [0, 0.05) is 19.3 Å². The monoisotopic (exact) mass is 919 g/mol. The zero-order valence-corrected chi connectivity index (χ0v) is 40.9. The third-order valence-corrected chi connectivity index (χ3v) is 10.8. The predicted molar refractivity (Wildman–Crippen MR) is 261 cm³/mol. The molecule has 0 saturated heterocycles. The fraction of sp³-hybridized carbons (Fsp3) is 0.673. The third kappa shape index (κ3) is 43.9. The number of phosphoric ester groups is 1. The molecule has 0 aromatic rings. The Balaban J connectivity index is 4.82. The highest BCUT2D eigenvalue weighted by Crippen LogP contribution is 2.43. The molecule has 0 spiro atoms. The zero-order chi connectivity index (χ0) is 47.0. The number of rotatable bonds is 44. The maximum absolute atomic E-state index is 12.8. The largest absolute Gasteiger partial charge is 0.472 e. The summed E-state index contributed by atoms with van der Waals surface area (Å²) in [5.74, 6) is -1.58. The molecule has 0 fully saturated rings. The average Bonchev–Trinajstić information content (AvgIpc) is 3.28. The average molecular weight is 919 g/mol. The number of hydrogen-bond donors (Lipinski definition) is 2. The lowest BCUT2D eigenvalue weighted by Gasteiger charge is -2.21. The second kappa shape index (κ2) is 46.2. The molecule has 366 valence electrons. The Morgan fingerprint density at radius 1 is 0.453 bits per heavy atom. The molecule has 3 atom stereocenters. The second-order valence-corrected chi connectivity index (χ2v) is 17.3. The minimum absolute atomic E-state index is 0.0522. The highest BCUT2D eigenvalue weighted by atomic mass is 31.2. The van der Waals surface area contributed by atoms with Crippen molar-refractivity contribution in [3.05, 3.63) is 85.1 Å². The number of allylic oxidation sites excluding steroid dienone is 14. The first kappa shape index (κ1) is 60.7. The Labute approximate surface area is 388 Å². The lowest BCUT2D eigenvalue weighted by atomic mass is 10.1. The topological polar surface area (TPSA) is 155 Å². The van der Waals surface area contributed by atoms with Crippen LogP contribution in [0.4, 0.5) is 0 Å². The van der Waals surface area contributed by atoms with Crippen molar-refractivity contribution in [1.82, 2.24) is 0 Å². The molecule has 0 saturated carbocycles. The van der Waals surface area contributed by atoms with Gasteiger partial charge in [0.15, 0.2) is 6.10 Å². The summed E-state index contributed by atoms with van der Waals surface area (Å²) in [4.78, 5) is 48.1. The smallest absolute Gasteiger partial charge is 0.462 e. The molecule has 0 heterocycles. The number of aliphatic hydroxyl groups is 1. The number of carbonyl (C=O) groups is 3. The van der Waals surface area contributed by atoms with Crippen LogP contribution in [-0.2, 0) is 42.2 Å². The van der Waals surface area contributed by atoms with Crippen molar-refractivity contribution < 1.29 is 52.2 Å². The van der Waals surface area contributed by atoms with Crippen LogP contribution in [0, 0.1) is 0 Å². The molecule has 0 aromatic heterocycles. The molecule has 0 radical (unpaired) electrons. The van der Waals surface area contributed by atoms with Crippen LogP contribution in [0.15, 0.2) is 85.1 Å². The van der Waals surface area contributed by atoms with Gasteiger partial charge >= 0.3 is 25.7 Å². The summed E-state index contributed by atoms with van der Waals surface area (Å²) in [7, 11) is -4.76. The minimum Gasteiger partial charge on any atom is -0.462 e. The van der Waals surface area contributed by atoms with Crippen molar-refractivity contribution in [2.45, 2.75) is 200 Å². The zero-order valence-electron chi connectivity index (χ0n) is 40.0. The Hall–Kier alpha value is -3.34. The highest BCUT2D eigenvalue weighted by molar-refractivity contribution is 7.47. The van der Waals surface area contributed by atoms with E-state index in [1.807, 2.05) is 18.2 Å². The van der Waals surface area contributed by atoms with Crippen molar-refractivity contribution in [3.63, 3.8) is 0 Å². The quantitative estimate of drug-likeness (QED) is 0.0197. The molecule has 12 heteroatoms. The first-order valence-electron chi connectivity index (χ1n) is 24.5. The third-order valence-electron chi connectivity index (χ3n) is 9.83. The van der Waals surface area contributed by atoms with Gasteiger partial charge in [0.05, 0.1) is 19.8 Å². The van der Waals surface area contributed by atoms with Gasteiger partial charge in [0.2, 0.25) is 0 Å². The molecule has 0 amide bonds. The predicted octanol–water partition coefficient (Wildman–Crippen LogP) is 13.6. The Morgan fingerprint density at radius 2 is 0.844 bits per heavy atom. The van der Waals surface area contributed by atoms with Crippen LogP contribution in [0.25, 0.3) is 0 Å². The van der Waals surface area contributed by atoms with Crippen molar-refractivity contribution >= 4 is 25.7 Å². The Kier molecular flexibility index (Phi) is 43.8. The fourth-order valence-electron chi connectivity index (χ4n) is 6.15. The molecular weight excluding hydrogens is 832 g/mol. The van der Waals surface area contributed by atoms with E-state index in [1.165, 1.54) is 32.1 Å². The lowest BCUT2D eigenvalue weighted by Crippen LogP contribution is -2.30. The number of hydrogen-bond acceptors (Lipinski definition) is 10. The first-order chi connectivity index (χ1) is 31.2. The van der Waals surface area contributed by atoms with Crippen LogP contribution in [0.3, 0.4) is 0 Å². The second-order valence-electron chi connectivity index (χ2n) is 15.9. The van der Waals surface area contributed by atoms with Gasteiger partial charge in [0.25, 0.3) is 0 Å². The highest BCUT2D eigenvalue weighted by Gasteiger charge is 2.28. The van der Waals surface area contributed by atoms with E-state index in [9.17, 15) is 28.9 Å². The number of aliphatic hydroxyl groups excluding tert-OH is 1. The summed E-state index contributed by atoms with van der Waals surface area (Å²) in [6.45, 7) is 4.25. The molecule has 64 heavy (non-hydrogen) atoms. The summed E-state index contributed by atoms with van der Waals surface area (Å²) >= 11 is 0. The van der Waals surface area contributed by atoms with Crippen LogP contribution in [0.2, 0.25) is 0 Å². The molecular formula is C52H87O11P. The number of phosphoric acid groups is 1. The van der Waals surface area contributed by atoms with E-state index in [-0.39, 0.29) is 25.9 Å². The van der Waals surface area contributed by atoms with E-state index in [4.69, 9.17) is 23.3 Å². The normalized spacial score (nSPS) is 14.3. The van der Waals surface area contributed by atoms with Gasteiger partial charge in [-0.05, 0) is 77.0 Å². The molecule has 0 aliphatic carbocycles. The van der Waals surface area contributed by atoms with E-state index < -0.39 is 57.8 Å². The fourth-order valence-corrected chi connectivity index (χ4v) is 6.93. The maximum atomic E-state index is 12.8. The van der Waals surface area contributed by atoms with Crippen molar-refractivity contribution in [2.75, 3.05) is 26.4 Å². The molecule has 11 nitrogen and oxygen atoms in total. The van der Waals surface area contributed by atoms with E-state index in [0.29, 0.717) is 19.3 Å². The Morgan fingerprint density at radius 3 is 1.34 bits per heavy atom. The number of unbranched alkanes of at least 4 members (excludes halogenated alkanes) is 13. The van der Waals surface area contributed by atoms with E-state index in [0.717, 1.165) is 96.3 Å².